The fraction of sp³-hybridized carbons (Fsp3) is 0.500. The molecule has 0 saturated heterocycles. The van der Waals surface area contributed by atoms with Gasteiger partial charge in [-0.25, -0.2) is 4.79 Å². The molecule has 0 heterocycles. The lowest BCUT2D eigenvalue weighted by Gasteiger charge is -2.24. The summed E-state index contributed by atoms with van der Waals surface area (Å²) in [4.78, 5) is 34.4. The Balaban J connectivity index is 2.80. The number of carbonyl (C=O) groups excluding carboxylic acids is 3. The average molecular weight is 453 g/mol. The van der Waals surface area contributed by atoms with Crippen LogP contribution in [0.1, 0.15) is 52.0 Å². The Hall–Kier alpha value is -2.92. The predicted molar refractivity (Wildman–Crippen MR) is 117 cm³/mol. The van der Waals surface area contributed by atoms with Crippen LogP contribution in [-0.2, 0) is 19.1 Å². The molecule has 8 nitrogen and oxygen atoms in total. The molecule has 9 heteroatoms. The third kappa shape index (κ3) is 11.2. The SMILES string of the molecule is COC(=O)CCC#Cc1cccc(OC[C@H](CCC(N)=O)NC(=O)OC(C)(C)C)c1Cl. The number of ether oxygens (including phenoxy) is 3. The Morgan fingerprint density at radius 1 is 1.23 bits per heavy atom. The Bertz CT molecular complexity index is 839. The highest BCUT2D eigenvalue weighted by Gasteiger charge is 2.21. The maximum absolute atomic E-state index is 12.1. The van der Waals surface area contributed by atoms with E-state index in [1.165, 1.54) is 7.11 Å². The Kier molecular flexibility index (Phi) is 10.7. The summed E-state index contributed by atoms with van der Waals surface area (Å²) in [7, 11) is 1.32. The largest absolute Gasteiger partial charge is 0.490 e. The highest BCUT2D eigenvalue weighted by atomic mass is 35.5. The molecule has 0 aliphatic heterocycles. The summed E-state index contributed by atoms with van der Waals surface area (Å²) >= 11 is 6.38. The zero-order valence-corrected chi connectivity index (χ0v) is 19.0. The van der Waals surface area contributed by atoms with Gasteiger partial charge >= 0.3 is 12.1 Å². The standard InChI is InChI=1S/C22H29ClN2O6/c1-22(2,3)31-21(28)25-16(12-13-18(24)26)14-30-17-10-7-9-15(20(17)23)8-5-6-11-19(27)29-4/h7,9-10,16H,6,11-14H2,1-4H3,(H2,24,26)(H,25,28)/t16-/m0/s1. The molecule has 0 aromatic heterocycles. The first-order chi connectivity index (χ1) is 14.5. The lowest BCUT2D eigenvalue weighted by Crippen LogP contribution is -2.42. The number of alkyl carbamates (subject to hydrolysis) is 1. The smallest absolute Gasteiger partial charge is 0.407 e. The number of benzene rings is 1. The van der Waals surface area contributed by atoms with Gasteiger partial charge in [0.25, 0.3) is 0 Å². The number of methoxy groups -OCH3 is 1. The van der Waals surface area contributed by atoms with E-state index in [1.54, 1.807) is 39.0 Å². The van der Waals surface area contributed by atoms with Crippen molar-refractivity contribution < 1.29 is 28.6 Å². The molecule has 0 saturated carbocycles. The van der Waals surface area contributed by atoms with Crippen LogP contribution in [0.2, 0.25) is 5.02 Å². The van der Waals surface area contributed by atoms with E-state index in [0.29, 0.717) is 22.8 Å². The predicted octanol–water partition coefficient (Wildman–Crippen LogP) is 3.18. The molecule has 0 aliphatic rings. The number of rotatable bonds is 9. The second-order valence-electron chi connectivity index (χ2n) is 7.65. The number of amides is 2. The highest BCUT2D eigenvalue weighted by Crippen LogP contribution is 2.28. The zero-order valence-electron chi connectivity index (χ0n) is 18.2. The van der Waals surface area contributed by atoms with Crippen molar-refractivity contribution in [3.05, 3.63) is 28.8 Å². The Morgan fingerprint density at radius 3 is 2.55 bits per heavy atom. The monoisotopic (exact) mass is 452 g/mol. The van der Waals surface area contributed by atoms with Crippen LogP contribution in [0.15, 0.2) is 18.2 Å². The molecule has 0 unspecified atom stereocenters. The van der Waals surface area contributed by atoms with Gasteiger partial charge in [0.1, 0.15) is 18.0 Å². The molecule has 0 fully saturated rings. The van der Waals surface area contributed by atoms with Gasteiger partial charge in [-0.1, -0.05) is 29.5 Å². The molecule has 170 valence electrons. The zero-order chi connectivity index (χ0) is 23.4. The Labute approximate surface area is 187 Å². The number of carbonyl (C=O) groups is 3. The molecule has 1 aromatic carbocycles. The van der Waals surface area contributed by atoms with Crippen LogP contribution in [0.25, 0.3) is 0 Å². The molecular weight excluding hydrogens is 424 g/mol. The molecule has 1 atom stereocenters. The van der Waals surface area contributed by atoms with Gasteiger partial charge in [0.15, 0.2) is 0 Å². The van der Waals surface area contributed by atoms with Gasteiger partial charge in [-0.2, -0.15) is 0 Å². The third-order valence-electron chi connectivity index (χ3n) is 3.77. The minimum atomic E-state index is -0.663. The number of primary amides is 1. The van der Waals surface area contributed by atoms with E-state index in [0.717, 1.165) is 0 Å². The second-order valence-corrected chi connectivity index (χ2v) is 8.03. The van der Waals surface area contributed by atoms with E-state index in [9.17, 15) is 14.4 Å². The van der Waals surface area contributed by atoms with Crippen LogP contribution >= 0.6 is 11.6 Å². The van der Waals surface area contributed by atoms with E-state index >= 15 is 0 Å². The van der Waals surface area contributed by atoms with Gasteiger partial charge in [0, 0.05) is 18.4 Å². The van der Waals surface area contributed by atoms with E-state index in [1.807, 2.05) is 0 Å². The van der Waals surface area contributed by atoms with Crippen molar-refractivity contribution in [1.29, 1.82) is 0 Å². The fourth-order valence-corrected chi connectivity index (χ4v) is 2.55. The molecule has 1 rings (SSSR count). The van der Waals surface area contributed by atoms with Crippen LogP contribution in [-0.4, -0.2) is 43.3 Å². The summed E-state index contributed by atoms with van der Waals surface area (Å²) in [6, 6.07) is 4.60. The highest BCUT2D eigenvalue weighted by molar-refractivity contribution is 6.33. The number of hydrogen-bond donors (Lipinski definition) is 2. The molecule has 2 amide bonds. The maximum atomic E-state index is 12.1. The van der Waals surface area contributed by atoms with E-state index < -0.39 is 23.6 Å². The molecular formula is C22H29ClN2O6. The summed E-state index contributed by atoms with van der Waals surface area (Å²) in [6.45, 7) is 5.29. The number of nitrogens with two attached hydrogens (primary N) is 1. The number of nitrogens with one attached hydrogen (secondary N) is 1. The van der Waals surface area contributed by atoms with E-state index in [-0.39, 0.29) is 31.8 Å². The van der Waals surface area contributed by atoms with Crippen molar-refractivity contribution in [2.75, 3.05) is 13.7 Å². The Morgan fingerprint density at radius 2 is 1.94 bits per heavy atom. The van der Waals surface area contributed by atoms with Crippen molar-refractivity contribution in [2.45, 2.75) is 58.1 Å². The van der Waals surface area contributed by atoms with Crippen molar-refractivity contribution in [2.24, 2.45) is 5.73 Å². The van der Waals surface area contributed by atoms with Crippen molar-refractivity contribution >= 4 is 29.6 Å². The molecule has 0 bridgehead atoms. The molecule has 31 heavy (non-hydrogen) atoms. The van der Waals surface area contributed by atoms with Crippen molar-refractivity contribution in [3.8, 4) is 17.6 Å². The first kappa shape index (κ1) is 26.1. The van der Waals surface area contributed by atoms with Crippen LogP contribution in [0.4, 0.5) is 4.79 Å². The first-order valence-electron chi connectivity index (χ1n) is 9.76. The lowest BCUT2D eigenvalue weighted by molar-refractivity contribution is -0.140. The minimum absolute atomic E-state index is 0.0471. The van der Waals surface area contributed by atoms with Crippen LogP contribution in [0, 0.1) is 11.8 Å². The van der Waals surface area contributed by atoms with Crippen molar-refractivity contribution in [1.82, 2.24) is 5.32 Å². The van der Waals surface area contributed by atoms with Crippen LogP contribution < -0.4 is 15.8 Å². The van der Waals surface area contributed by atoms with Gasteiger partial charge in [-0.05, 0) is 39.3 Å². The second kappa shape index (κ2) is 12.7. The van der Waals surface area contributed by atoms with Gasteiger partial charge in [-0.15, -0.1) is 0 Å². The van der Waals surface area contributed by atoms with Gasteiger partial charge < -0.3 is 25.3 Å². The fourth-order valence-electron chi connectivity index (χ4n) is 2.32. The minimum Gasteiger partial charge on any atom is -0.490 e. The number of halogens is 1. The van der Waals surface area contributed by atoms with Crippen LogP contribution in [0.5, 0.6) is 5.75 Å². The molecule has 0 aliphatic carbocycles. The summed E-state index contributed by atoms with van der Waals surface area (Å²) in [5.74, 6) is 5.31. The lowest BCUT2D eigenvalue weighted by atomic mass is 10.1. The summed E-state index contributed by atoms with van der Waals surface area (Å²) in [5.41, 5.74) is 5.10. The molecule has 0 spiro atoms. The normalized spacial score (nSPS) is 11.5. The first-order valence-corrected chi connectivity index (χ1v) is 10.1. The van der Waals surface area contributed by atoms with Gasteiger partial charge in [-0.3, -0.25) is 9.59 Å². The van der Waals surface area contributed by atoms with E-state index in [2.05, 4.69) is 21.9 Å². The van der Waals surface area contributed by atoms with Crippen molar-refractivity contribution in [3.63, 3.8) is 0 Å². The van der Waals surface area contributed by atoms with Gasteiger partial charge in [0.05, 0.1) is 24.6 Å². The summed E-state index contributed by atoms with van der Waals surface area (Å²) in [5, 5.41) is 2.99. The summed E-state index contributed by atoms with van der Waals surface area (Å²) in [6.07, 6.45) is 0.253. The molecule has 3 N–H and O–H groups in total. The maximum Gasteiger partial charge on any atom is 0.407 e. The topological polar surface area (TPSA) is 117 Å². The average Bonchev–Trinajstić information content (AvgIpc) is 2.67. The van der Waals surface area contributed by atoms with E-state index in [4.69, 9.17) is 26.8 Å². The molecule has 0 radical (unpaired) electrons. The van der Waals surface area contributed by atoms with Crippen LogP contribution in [0.3, 0.4) is 0 Å². The quantitative estimate of drug-likeness (QED) is 0.439. The number of esters is 1. The molecule has 1 aromatic rings. The van der Waals surface area contributed by atoms with Gasteiger partial charge in [0.2, 0.25) is 5.91 Å². The summed E-state index contributed by atoms with van der Waals surface area (Å²) < 4.78 is 15.6. The third-order valence-corrected chi connectivity index (χ3v) is 4.16. The number of hydrogen-bond acceptors (Lipinski definition) is 6.